The smallest absolute Gasteiger partial charge is 0.244 e. The molecule has 3 rings (SSSR count). The lowest BCUT2D eigenvalue weighted by Crippen LogP contribution is -2.37. The van der Waals surface area contributed by atoms with Crippen molar-refractivity contribution in [1.82, 2.24) is 4.31 Å². The molecule has 1 aliphatic carbocycles. The fraction of sp³-hybridized carbons (Fsp3) is 0.538. The summed E-state index contributed by atoms with van der Waals surface area (Å²) >= 11 is 6.11. The maximum Gasteiger partial charge on any atom is 0.244 e. The van der Waals surface area contributed by atoms with Gasteiger partial charge in [0.25, 0.3) is 0 Å². The number of nitrogens with two attached hydrogens (primary N) is 1. The van der Waals surface area contributed by atoms with Crippen molar-refractivity contribution in [3.63, 3.8) is 0 Å². The number of nitrogens with zero attached hydrogens (tertiary/aromatic N) is 1. The highest BCUT2D eigenvalue weighted by molar-refractivity contribution is 7.89. The van der Waals surface area contributed by atoms with Crippen molar-refractivity contribution in [1.29, 1.82) is 0 Å². The number of nitrogen functional groups attached to an aromatic ring is 1. The minimum atomic E-state index is -3.52. The van der Waals surface area contributed by atoms with E-state index in [0.717, 1.165) is 24.8 Å². The Morgan fingerprint density at radius 3 is 2.68 bits per heavy atom. The van der Waals surface area contributed by atoms with Gasteiger partial charge in [-0.15, -0.1) is 0 Å². The normalized spacial score (nSPS) is 27.1. The van der Waals surface area contributed by atoms with Gasteiger partial charge in [0.2, 0.25) is 10.0 Å². The Kier molecular flexibility index (Phi) is 3.04. The van der Waals surface area contributed by atoms with E-state index in [9.17, 15) is 8.42 Å². The van der Waals surface area contributed by atoms with Crippen LogP contribution < -0.4 is 5.73 Å². The van der Waals surface area contributed by atoms with Crippen molar-refractivity contribution >= 4 is 27.3 Å². The van der Waals surface area contributed by atoms with Gasteiger partial charge in [0.1, 0.15) is 4.90 Å². The van der Waals surface area contributed by atoms with Gasteiger partial charge in [-0.25, -0.2) is 8.42 Å². The highest BCUT2D eigenvalue weighted by atomic mass is 35.5. The third kappa shape index (κ3) is 2.04. The van der Waals surface area contributed by atoms with Crippen molar-refractivity contribution in [2.45, 2.75) is 37.1 Å². The van der Waals surface area contributed by atoms with Crippen LogP contribution in [0.15, 0.2) is 17.0 Å². The molecule has 2 fully saturated rings. The maximum atomic E-state index is 12.7. The summed E-state index contributed by atoms with van der Waals surface area (Å²) in [5.41, 5.74) is 7.08. The lowest BCUT2D eigenvalue weighted by atomic mass is 10.1. The summed E-state index contributed by atoms with van der Waals surface area (Å²) in [5.74, 6) is 0.515. The van der Waals surface area contributed by atoms with Crippen LogP contribution in [0.25, 0.3) is 0 Å². The Labute approximate surface area is 118 Å². The summed E-state index contributed by atoms with van der Waals surface area (Å²) in [6.45, 7) is 2.44. The SMILES string of the molecule is Cc1cc(Cl)c(S(=O)(=O)N2CC3CCC2C3)cc1N. The number of fused-ring (bicyclic) bond motifs is 2. The second-order valence-corrected chi connectivity index (χ2v) is 7.81. The molecule has 2 unspecified atom stereocenters. The number of hydrogen-bond acceptors (Lipinski definition) is 3. The molecule has 2 atom stereocenters. The van der Waals surface area contributed by atoms with Gasteiger partial charge in [-0.3, -0.25) is 0 Å². The lowest BCUT2D eigenvalue weighted by molar-refractivity contribution is 0.333. The zero-order chi connectivity index (χ0) is 13.8. The number of piperidine rings is 1. The van der Waals surface area contributed by atoms with Crippen molar-refractivity contribution in [3.05, 3.63) is 22.7 Å². The molecule has 0 aromatic heterocycles. The zero-order valence-electron chi connectivity index (χ0n) is 10.8. The van der Waals surface area contributed by atoms with Crippen LogP contribution in [0.1, 0.15) is 24.8 Å². The lowest BCUT2D eigenvalue weighted by Gasteiger charge is -2.26. The second-order valence-electron chi connectivity index (χ2n) is 5.55. The zero-order valence-corrected chi connectivity index (χ0v) is 12.3. The first-order chi connectivity index (χ1) is 8.89. The Morgan fingerprint density at radius 1 is 1.37 bits per heavy atom. The van der Waals surface area contributed by atoms with Crippen molar-refractivity contribution in [2.24, 2.45) is 5.92 Å². The molecule has 2 aliphatic rings. The van der Waals surface area contributed by atoms with Crippen molar-refractivity contribution < 1.29 is 8.42 Å². The number of sulfonamides is 1. The van der Waals surface area contributed by atoms with Gasteiger partial charge in [0, 0.05) is 18.3 Å². The molecule has 1 heterocycles. The Morgan fingerprint density at radius 2 is 2.11 bits per heavy atom. The van der Waals surface area contributed by atoms with Crippen LogP contribution in [-0.2, 0) is 10.0 Å². The Balaban J connectivity index is 2.03. The molecule has 6 heteroatoms. The number of rotatable bonds is 2. The van der Waals surface area contributed by atoms with Crippen LogP contribution in [0.5, 0.6) is 0 Å². The molecule has 0 spiro atoms. The van der Waals surface area contributed by atoms with E-state index in [1.165, 1.54) is 6.07 Å². The molecule has 4 nitrogen and oxygen atoms in total. The fourth-order valence-electron chi connectivity index (χ4n) is 3.17. The van der Waals surface area contributed by atoms with E-state index in [-0.39, 0.29) is 16.0 Å². The van der Waals surface area contributed by atoms with Crippen LogP contribution >= 0.6 is 11.6 Å². The molecule has 1 saturated carbocycles. The molecule has 1 aliphatic heterocycles. The van der Waals surface area contributed by atoms with E-state index in [2.05, 4.69) is 0 Å². The number of aryl methyl sites for hydroxylation is 1. The number of benzene rings is 1. The van der Waals surface area contributed by atoms with Gasteiger partial charge >= 0.3 is 0 Å². The first-order valence-corrected chi connectivity index (χ1v) is 8.29. The van der Waals surface area contributed by atoms with Crippen LogP contribution in [0.3, 0.4) is 0 Å². The van der Waals surface area contributed by atoms with E-state index in [0.29, 0.717) is 18.2 Å². The van der Waals surface area contributed by atoms with Crippen molar-refractivity contribution in [2.75, 3.05) is 12.3 Å². The van der Waals surface area contributed by atoms with Gasteiger partial charge < -0.3 is 5.73 Å². The van der Waals surface area contributed by atoms with Gasteiger partial charge in [-0.05, 0) is 49.8 Å². The standard InChI is InChI=1S/C13H17ClN2O2S/c1-8-4-11(14)13(6-12(8)15)19(17,18)16-7-9-2-3-10(16)5-9/h4,6,9-10H,2-3,5,7,15H2,1H3. The highest BCUT2D eigenvalue weighted by Gasteiger charge is 2.44. The molecular weight excluding hydrogens is 284 g/mol. The number of halogens is 1. The van der Waals surface area contributed by atoms with E-state index in [4.69, 9.17) is 17.3 Å². The molecule has 2 bridgehead atoms. The third-order valence-electron chi connectivity index (χ3n) is 4.27. The summed E-state index contributed by atoms with van der Waals surface area (Å²) in [6, 6.07) is 3.26. The van der Waals surface area contributed by atoms with E-state index >= 15 is 0 Å². The van der Waals surface area contributed by atoms with Gasteiger partial charge in [0.05, 0.1) is 5.02 Å². The Hall–Kier alpha value is -0.780. The topological polar surface area (TPSA) is 63.4 Å². The first-order valence-electron chi connectivity index (χ1n) is 6.47. The Bertz CT molecular complexity index is 630. The summed E-state index contributed by atoms with van der Waals surface area (Å²) in [4.78, 5) is 0.143. The van der Waals surface area contributed by atoms with E-state index in [1.54, 1.807) is 10.4 Å². The van der Waals surface area contributed by atoms with Crippen LogP contribution in [0.4, 0.5) is 5.69 Å². The predicted octanol–water partition coefficient (Wildman–Crippen LogP) is 2.40. The van der Waals surface area contributed by atoms with Crippen LogP contribution in [-0.4, -0.2) is 25.3 Å². The molecule has 104 valence electrons. The average Bonchev–Trinajstić information content (AvgIpc) is 2.95. The van der Waals surface area contributed by atoms with Gasteiger partial charge in [-0.2, -0.15) is 4.31 Å². The molecular formula is C13H17ClN2O2S. The minimum absolute atomic E-state index is 0.143. The van der Waals surface area contributed by atoms with Crippen molar-refractivity contribution in [3.8, 4) is 0 Å². The summed E-state index contributed by atoms with van der Waals surface area (Å²) < 4.78 is 27.0. The summed E-state index contributed by atoms with van der Waals surface area (Å²) in [7, 11) is -3.52. The predicted molar refractivity (Wildman–Crippen MR) is 75.6 cm³/mol. The molecule has 19 heavy (non-hydrogen) atoms. The van der Waals surface area contributed by atoms with Crippen LogP contribution in [0, 0.1) is 12.8 Å². The molecule has 1 aromatic carbocycles. The highest BCUT2D eigenvalue weighted by Crippen LogP contribution is 2.41. The molecule has 0 amide bonds. The van der Waals surface area contributed by atoms with Gasteiger partial charge in [0.15, 0.2) is 0 Å². The number of hydrogen-bond donors (Lipinski definition) is 1. The van der Waals surface area contributed by atoms with Crippen LogP contribution in [0.2, 0.25) is 5.02 Å². The minimum Gasteiger partial charge on any atom is -0.398 e. The quantitative estimate of drug-likeness (QED) is 0.853. The molecule has 1 aromatic rings. The summed E-state index contributed by atoms with van der Waals surface area (Å²) in [6.07, 6.45) is 3.08. The summed E-state index contributed by atoms with van der Waals surface area (Å²) in [5, 5.41) is 0.259. The number of anilines is 1. The monoisotopic (exact) mass is 300 g/mol. The average molecular weight is 301 g/mol. The van der Waals surface area contributed by atoms with E-state index in [1.807, 2.05) is 6.92 Å². The molecule has 2 N–H and O–H groups in total. The van der Waals surface area contributed by atoms with E-state index < -0.39 is 10.0 Å². The molecule has 0 radical (unpaired) electrons. The molecule has 1 saturated heterocycles. The van der Waals surface area contributed by atoms with Gasteiger partial charge in [-0.1, -0.05) is 11.6 Å². The third-order valence-corrected chi connectivity index (χ3v) is 6.65. The maximum absolute atomic E-state index is 12.7. The second kappa shape index (κ2) is 4.36. The first kappa shape index (κ1) is 13.2. The fourth-order valence-corrected chi connectivity index (χ4v) is 5.50. The largest absolute Gasteiger partial charge is 0.398 e.